The Balaban J connectivity index is 2.22. The first kappa shape index (κ1) is 12.9. The van der Waals surface area contributed by atoms with Crippen molar-refractivity contribution in [2.24, 2.45) is 0 Å². The molecule has 0 heterocycles. The van der Waals surface area contributed by atoms with Crippen LogP contribution >= 0.6 is 0 Å². The Kier molecular flexibility index (Phi) is 3.67. The third-order valence-electron chi connectivity index (χ3n) is 2.79. The first-order valence-corrected chi connectivity index (χ1v) is 5.78. The summed E-state index contributed by atoms with van der Waals surface area (Å²) in [4.78, 5) is 0. The van der Waals surface area contributed by atoms with Gasteiger partial charge in [-0.15, -0.1) is 0 Å². The molecule has 2 rings (SSSR count). The van der Waals surface area contributed by atoms with E-state index in [4.69, 9.17) is 15.7 Å². The van der Waals surface area contributed by atoms with Crippen molar-refractivity contribution in [2.75, 3.05) is 5.73 Å². The predicted octanol–water partition coefficient (Wildman–Crippen LogP) is 3.17. The highest BCUT2D eigenvalue weighted by atomic mass is 19.1. The van der Waals surface area contributed by atoms with Crippen molar-refractivity contribution in [3.05, 3.63) is 58.9 Å². The number of nitrogen functional groups attached to an aromatic ring is 1. The van der Waals surface area contributed by atoms with Crippen LogP contribution in [0.3, 0.4) is 0 Å². The molecule has 0 fully saturated rings. The number of halogens is 1. The van der Waals surface area contributed by atoms with E-state index >= 15 is 0 Å². The molecular weight excluding hydrogens is 243 g/mol. The summed E-state index contributed by atoms with van der Waals surface area (Å²) in [5.41, 5.74) is 7.94. The minimum Gasteiger partial charge on any atom is -0.486 e. The average molecular weight is 256 g/mol. The van der Waals surface area contributed by atoms with Gasteiger partial charge in [0.2, 0.25) is 0 Å². The molecule has 0 atom stereocenters. The summed E-state index contributed by atoms with van der Waals surface area (Å²) in [6.07, 6.45) is 0. The Morgan fingerprint density at radius 2 is 2.11 bits per heavy atom. The molecule has 3 nitrogen and oxygen atoms in total. The second kappa shape index (κ2) is 5.40. The minimum absolute atomic E-state index is 0.0381. The topological polar surface area (TPSA) is 59.0 Å². The van der Waals surface area contributed by atoms with Gasteiger partial charge in [0.25, 0.3) is 0 Å². The molecule has 19 heavy (non-hydrogen) atoms. The lowest BCUT2D eigenvalue weighted by Gasteiger charge is -2.12. The van der Waals surface area contributed by atoms with Crippen LogP contribution < -0.4 is 10.5 Å². The highest BCUT2D eigenvalue weighted by molar-refractivity contribution is 5.56. The van der Waals surface area contributed by atoms with Crippen LogP contribution in [0.25, 0.3) is 0 Å². The molecule has 0 spiro atoms. The van der Waals surface area contributed by atoms with Gasteiger partial charge in [-0.1, -0.05) is 12.1 Å². The number of anilines is 1. The Labute approximate surface area is 111 Å². The lowest BCUT2D eigenvalue weighted by molar-refractivity contribution is 0.299. The molecule has 0 aliphatic rings. The zero-order valence-corrected chi connectivity index (χ0v) is 10.5. The van der Waals surface area contributed by atoms with E-state index in [2.05, 4.69) is 0 Å². The highest BCUT2D eigenvalue weighted by Gasteiger charge is 2.08. The normalized spacial score (nSPS) is 9.95. The van der Waals surface area contributed by atoms with E-state index in [0.717, 1.165) is 5.56 Å². The number of nitrogens with zero attached hydrogens (tertiary/aromatic N) is 1. The van der Waals surface area contributed by atoms with E-state index in [0.29, 0.717) is 22.6 Å². The molecule has 0 aliphatic heterocycles. The molecule has 0 saturated carbocycles. The van der Waals surface area contributed by atoms with Gasteiger partial charge in [0.05, 0.1) is 17.3 Å². The molecular formula is C15H13FN2O. The fraction of sp³-hybridized carbons (Fsp3) is 0.133. The van der Waals surface area contributed by atoms with Gasteiger partial charge in [-0.3, -0.25) is 0 Å². The second-order valence-electron chi connectivity index (χ2n) is 4.20. The van der Waals surface area contributed by atoms with Crippen LogP contribution in [0.5, 0.6) is 5.75 Å². The van der Waals surface area contributed by atoms with Crippen molar-refractivity contribution in [2.45, 2.75) is 13.5 Å². The molecule has 96 valence electrons. The van der Waals surface area contributed by atoms with Gasteiger partial charge < -0.3 is 10.5 Å². The molecule has 0 aromatic heterocycles. The first-order chi connectivity index (χ1) is 9.11. The maximum absolute atomic E-state index is 13.6. The zero-order chi connectivity index (χ0) is 13.8. The van der Waals surface area contributed by atoms with Crippen LogP contribution in [0.4, 0.5) is 10.1 Å². The summed E-state index contributed by atoms with van der Waals surface area (Å²) in [6, 6.07) is 11.6. The number of para-hydroxylation sites is 1. The number of hydrogen-bond acceptors (Lipinski definition) is 3. The van der Waals surface area contributed by atoms with Crippen molar-refractivity contribution in [3.8, 4) is 11.8 Å². The van der Waals surface area contributed by atoms with Crippen molar-refractivity contribution >= 4 is 5.69 Å². The fourth-order valence-corrected chi connectivity index (χ4v) is 1.78. The van der Waals surface area contributed by atoms with Gasteiger partial charge in [-0.25, -0.2) is 4.39 Å². The third kappa shape index (κ3) is 2.83. The Bertz CT molecular complexity index is 627. The number of benzene rings is 2. The van der Waals surface area contributed by atoms with Crippen LogP contribution in [0.15, 0.2) is 36.4 Å². The molecule has 0 aliphatic carbocycles. The number of ether oxygens (including phenoxy) is 1. The van der Waals surface area contributed by atoms with Crippen LogP contribution in [-0.2, 0) is 6.61 Å². The largest absolute Gasteiger partial charge is 0.486 e. The molecule has 0 radical (unpaired) electrons. The number of rotatable bonds is 3. The lowest BCUT2D eigenvalue weighted by Crippen LogP contribution is -2.02. The zero-order valence-electron chi connectivity index (χ0n) is 10.5. The van der Waals surface area contributed by atoms with Crippen molar-refractivity contribution < 1.29 is 9.13 Å². The quantitative estimate of drug-likeness (QED) is 0.858. The van der Waals surface area contributed by atoms with Crippen LogP contribution in [0, 0.1) is 24.1 Å². The number of nitrogens with two attached hydrogens (primary N) is 1. The number of hydrogen-bond donors (Lipinski definition) is 1. The van der Waals surface area contributed by atoms with Crippen molar-refractivity contribution in [1.29, 1.82) is 5.26 Å². The van der Waals surface area contributed by atoms with Gasteiger partial charge in [-0.2, -0.15) is 5.26 Å². The number of nitriles is 1. The standard InChI is InChI=1S/C15H13FN2O/c1-10-3-2-4-14(18)15(10)19-9-12-7-11(8-17)5-6-13(12)16/h2-7H,9,18H2,1H3. The second-order valence-corrected chi connectivity index (χ2v) is 4.20. The van der Waals surface area contributed by atoms with Crippen LogP contribution in [0.2, 0.25) is 0 Å². The predicted molar refractivity (Wildman–Crippen MR) is 71.0 cm³/mol. The van der Waals surface area contributed by atoms with Gasteiger partial charge in [0, 0.05) is 5.56 Å². The summed E-state index contributed by atoms with van der Waals surface area (Å²) < 4.78 is 19.1. The maximum Gasteiger partial charge on any atom is 0.145 e. The van der Waals surface area contributed by atoms with E-state index in [-0.39, 0.29) is 6.61 Å². The van der Waals surface area contributed by atoms with Crippen LogP contribution in [0.1, 0.15) is 16.7 Å². The molecule has 4 heteroatoms. The fourth-order valence-electron chi connectivity index (χ4n) is 1.78. The summed E-state index contributed by atoms with van der Waals surface area (Å²) in [7, 11) is 0. The SMILES string of the molecule is Cc1cccc(N)c1OCc1cc(C#N)ccc1F. The Hall–Kier alpha value is -2.54. The highest BCUT2D eigenvalue weighted by Crippen LogP contribution is 2.26. The molecule has 2 aromatic rings. The van der Waals surface area contributed by atoms with Crippen molar-refractivity contribution in [1.82, 2.24) is 0 Å². The summed E-state index contributed by atoms with van der Waals surface area (Å²) >= 11 is 0. The first-order valence-electron chi connectivity index (χ1n) is 5.78. The molecule has 2 N–H and O–H groups in total. The van der Waals surface area contributed by atoms with E-state index in [9.17, 15) is 4.39 Å². The summed E-state index contributed by atoms with van der Waals surface area (Å²) in [6.45, 7) is 1.91. The molecule has 0 bridgehead atoms. The van der Waals surface area contributed by atoms with E-state index < -0.39 is 5.82 Å². The van der Waals surface area contributed by atoms with Gasteiger partial charge >= 0.3 is 0 Å². The van der Waals surface area contributed by atoms with E-state index in [1.54, 1.807) is 6.07 Å². The molecule has 2 aromatic carbocycles. The van der Waals surface area contributed by atoms with Gasteiger partial charge in [0.1, 0.15) is 18.2 Å². The van der Waals surface area contributed by atoms with E-state index in [1.165, 1.54) is 18.2 Å². The third-order valence-corrected chi connectivity index (χ3v) is 2.79. The van der Waals surface area contributed by atoms with Gasteiger partial charge in [0.15, 0.2) is 0 Å². The van der Waals surface area contributed by atoms with Crippen molar-refractivity contribution in [3.63, 3.8) is 0 Å². The minimum atomic E-state index is -0.397. The summed E-state index contributed by atoms with van der Waals surface area (Å²) in [5.74, 6) is 0.149. The van der Waals surface area contributed by atoms with E-state index in [1.807, 2.05) is 25.1 Å². The molecule has 0 unspecified atom stereocenters. The molecule has 0 amide bonds. The lowest BCUT2D eigenvalue weighted by atomic mass is 10.1. The van der Waals surface area contributed by atoms with Gasteiger partial charge in [-0.05, 0) is 36.8 Å². The smallest absolute Gasteiger partial charge is 0.145 e. The van der Waals surface area contributed by atoms with Crippen LogP contribution in [-0.4, -0.2) is 0 Å². The summed E-state index contributed by atoms with van der Waals surface area (Å²) in [5, 5.41) is 8.79. The monoisotopic (exact) mass is 256 g/mol. The molecule has 0 saturated heterocycles. The average Bonchev–Trinajstić information content (AvgIpc) is 2.40. The number of aryl methyl sites for hydroxylation is 1. The Morgan fingerprint density at radius 1 is 1.32 bits per heavy atom. The Morgan fingerprint density at radius 3 is 2.79 bits per heavy atom. The maximum atomic E-state index is 13.6.